The van der Waals surface area contributed by atoms with Crippen LogP contribution in [-0.4, -0.2) is 56.2 Å². The van der Waals surface area contributed by atoms with Gasteiger partial charge in [0.1, 0.15) is 5.82 Å². The van der Waals surface area contributed by atoms with Gasteiger partial charge in [0, 0.05) is 37.5 Å². The molecule has 2 aliphatic heterocycles. The Bertz CT molecular complexity index is 1400. The van der Waals surface area contributed by atoms with Crippen molar-refractivity contribution >= 4 is 17.4 Å². The highest BCUT2D eigenvalue weighted by Crippen LogP contribution is 2.37. The molecule has 3 atom stereocenters. The molecule has 3 aromatic rings. The van der Waals surface area contributed by atoms with Crippen LogP contribution in [0.15, 0.2) is 30.5 Å². The number of alkyl halides is 3. The van der Waals surface area contributed by atoms with Crippen LogP contribution in [0.5, 0.6) is 0 Å². The number of nitriles is 1. The Hall–Kier alpha value is -3.65. The second-order valence-corrected chi connectivity index (χ2v) is 9.88. The summed E-state index contributed by atoms with van der Waals surface area (Å²) in [7, 11) is 0. The fraction of sp³-hybridized carbons (Fsp3) is 0.462. The molecule has 194 valence electrons. The number of β-amino-alcohol motifs (C(OH)–C–C–N with tert-alkyl or cyclic N) is 1. The molecule has 4 heterocycles. The number of halogens is 3. The molecule has 1 N–H and O–H groups in total. The molecule has 1 aromatic carbocycles. The van der Waals surface area contributed by atoms with Gasteiger partial charge in [-0.1, -0.05) is 11.6 Å². The quantitative estimate of drug-likeness (QED) is 0.569. The van der Waals surface area contributed by atoms with Gasteiger partial charge < -0.3 is 14.9 Å². The molecule has 37 heavy (non-hydrogen) atoms. The number of aliphatic hydroxyl groups is 1. The zero-order valence-electron chi connectivity index (χ0n) is 20.5. The average Bonchev–Trinajstić information content (AvgIpc) is 3.44. The topological polar surface area (TPSA) is 97.8 Å². The van der Waals surface area contributed by atoms with E-state index in [0.29, 0.717) is 55.2 Å². The molecule has 0 bridgehead atoms. The predicted octanol–water partition coefficient (Wildman–Crippen LogP) is 4.05. The van der Waals surface area contributed by atoms with Gasteiger partial charge in [-0.25, -0.2) is 9.50 Å². The normalized spacial score (nSPS) is 22.5. The van der Waals surface area contributed by atoms with E-state index in [1.807, 2.05) is 11.8 Å². The summed E-state index contributed by atoms with van der Waals surface area (Å²) < 4.78 is 42.9. The van der Waals surface area contributed by atoms with Crippen molar-refractivity contribution in [1.29, 1.82) is 5.26 Å². The van der Waals surface area contributed by atoms with E-state index >= 15 is 0 Å². The van der Waals surface area contributed by atoms with Gasteiger partial charge >= 0.3 is 6.18 Å². The number of benzene rings is 1. The van der Waals surface area contributed by atoms with Crippen molar-refractivity contribution in [3.8, 4) is 6.07 Å². The van der Waals surface area contributed by atoms with Gasteiger partial charge in [0.15, 0.2) is 5.65 Å². The molecule has 8 nitrogen and oxygen atoms in total. The monoisotopic (exact) mass is 512 g/mol. The van der Waals surface area contributed by atoms with Crippen molar-refractivity contribution in [2.45, 2.75) is 51.4 Å². The van der Waals surface area contributed by atoms with Gasteiger partial charge in [0.2, 0.25) is 0 Å². The summed E-state index contributed by atoms with van der Waals surface area (Å²) in [5.74, 6) is -0.516. The van der Waals surface area contributed by atoms with Crippen LogP contribution in [0.4, 0.5) is 19.0 Å². The molecule has 0 saturated carbocycles. The first-order valence-corrected chi connectivity index (χ1v) is 12.2. The lowest BCUT2D eigenvalue weighted by molar-refractivity contribution is -0.138. The van der Waals surface area contributed by atoms with Gasteiger partial charge in [-0.3, -0.25) is 4.79 Å². The fourth-order valence-electron chi connectivity index (χ4n) is 5.30. The average molecular weight is 513 g/mol. The first kappa shape index (κ1) is 25.0. The van der Waals surface area contributed by atoms with Crippen molar-refractivity contribution in [2.75, 3.05) is 24.5 Å². The van der Waals surface area contributed by atoms with Gasteiger partial charge in [0.25, 0.3) is 5.91 Å². The number of hydrogen-bond donors (Lipinski definition) is 1. The molecule has 2 aliphatic rings. The number of anilines is 1. The summed E-state index contributed by atoms with van der Waals surface area (Å²) in [6, 6.07) is 7.18. The van der Waals surface area contributed by atoms with Crippen LogP contribution in [0.25, 0.3) is 5.65 Å². The van der Waals surface area contributed by atoms with Gasteiger partial charge in [-0.15, -0.1) is 0 Å². The van der Waals surface area contributed by atoms with Crippen LogP contribution in [0, 0.1) is 31.1 Å². The number of piperidine rings is 1. The molecule has 2 aromatic heterocycles. The predicted molar refractivity (Wildman–Crippen MR) is 129 cm³/mol. The van der Waals surface area contributed by atoms with E-state index in [0.717, 1.165) is 18.1 Å². The molecule has 2 fully saturated rings. The zero-order valence-corrected chi connectivity index (χ0v) is 20.5. The SMILES string of the molecule is Cc1ccc(C(=O)N2CCCCC2c2cc3nc(N4CC(O)C(C#N)C4)c(C)cn3n2)c(C(F)(F)F)c1. The molecular weight excluding hydrogens is 485 g/mol. The molecular formula is C26H27F3N6O2. The van der Waals surface area contributed by atoms with Crippen LogP contribution in [-0.2, 0) is 6.18 Å². The minimum atomic E-state index is -4.64. The summed E-state index contributed by atoms with van der Waals surface area (Å²) in [6.07, 6.45) is -1.51. The van der Waals surface area contributed by atoms with Crippen LogP contribution < -0.4 is 4.90 Å². The van der Waals surface area contributed by atoms with Crippen molar-refractivity contribution < 1.29 is 23.1 Å². The fourth-order valence-corrected chi connectivity index (χ4v) is 5.30. The second kappa shape index (κ2) is 9.34. The maximum absolute atomic E-state index is 13.8. The summed E-state index contributed by atoms with van der Waals surface area (Å²) in [5.41, 5.74) is 1.04. The Morgan fingerprint density at radius 2 is 1.97 bits per heavy atom. The lowest BCUT2D eigenvalue weighted by atomic mass is 9.96. The van der Waals surface area contributed by atoms with Crippen LogP contribution in [0.1, 0.15) is 58.0 Å². The van der Waals surface area contributed by atoms with Gasteiger partial charge in [0.05, 0.1) is 41.0 Å². The number of aliphatic hydroxyl groups excluding tert-OH is 1. The summed E-state index contributed by atoms with van der Waals surface area (Å²) >= 11 is 0. The van der Waals surface area contributed by atoms with Gasteiger partial charge in [-0.05, 0) is 45.2 Å². The first-order valence-electron chi connectivity index (χ1n) is 12.2. The van der Waals surface area contributed by atoms with Crippen molar-refractivity contribution in [1.82, 2.24) is 19.5 Å². The third kappa shape index (κ3) is 4.62. The number of carbonyl (C=O) groups is 1. The van der Waals surface area contributed by atoms with E-state index in [-0.39, 0.29) is 5.56 Å². The standard InChI is InChI=1S/C26H27F3N6O2/c1-15-6-7-18(19(9-15)26(27,28)29)25(37)34-8-4-3-5-21(34)20-10-23-31-24(16(2)12-35(23)32-20)33-13-17(11-30)22(36)14-33/h6-7,9-10,12,17,21-22,36H,3-5,8,13-14H2,1-2H3. The van der Waals surface area contributed by atoms with Crippen molar-refractivity contribution in [3.63, 3.8) is 0 Å². The number of aromatic nitrogens is 3. The van der Waals surface area contributed by atoms with E-state index in [9.17, 15) is 28.3 Å². The molecule has 1 amide bonds. The Balaban J connectivity index is 1.48. The second-order valence-electron chi connectivity index (χ2n) is 9.88. The molecule has 0 radical (unpaired) electrons. The first-order chi connectivity index (χ1) is 17.6. The molecule has 0 spiro atoms. The number of likely N-dealkylation sites (tertiary alicyclic amines) is 1. The lowest BCUT2D eigenvalue weighted by Crippen LogP contribution is -2.39. The lowest BCUT2D eigenvalue weighted by Gasteiger charge is -2.35. The summed E-state index contributed by atoms with van der Waals surface area (Å²) in [5, 5.41) is 24.0. The number of hydrogen-bond acceptors (Lipinski definition) is 6. The van der Waals surface area contributed by atoms with Crippen LogP contribution >= 0.6 is 0 Å². The van der Waals surface area contributed by atoms with Crippen molar-refractivity contribution in [3.05, 3.63) is 58.4 Å². The van der Waals surface area contributed by atoms with Crippen molar-refractivity contribution in [2.24, 2.45) is 5.92 Å². The highest BCUT2D eigenvalue weighted by molar-refractivity contribution is 5.96. The Morgan fingerprint density at radius 3 is 2.68 bits per heavy atom. The number of aryl methyl sites for hydroxylation is 2. The number of rotatable bonds is 3. The van der Waals surface area contributed by atoms with Crippen LogP contribution in [0.2, 0.25) is 0 Å². The maximum atomic E-state index is 13.8. The highest BCUT2D eigenvalue weighted by Gasteiger charge is 2.39. The smallest absolute Gasteiger partial charge is 0.390 e. The summed E-state index contributed by atoms with van der Waals surface area (Å²) in [6.45, 7) is 4.43. The van der Waals surface area contributed by atoms with Crippen LogP contribution in [0.3, 0.4) is 0 Å². The number of nitrogens with zero attached hydrogens (tertiary/aromatic N) is 6. The Kier molecular flexibility index (Phi) is 6.31. The third-order valence-corrected chi connectivity index (χ3v) is 7.19. The van der Waals surface area contributed by atoms with E-state index in [1.54, 1.807) is 23.7 Å². The molecule has 2 saturated heterocycles. The van der Waals surface area contributed by atoms with E-state index < -0.39 is 35.7 Å². The third-order valence-electron chi connectivity index (χ3n) is 7.19. The maximum Gasteiger partial charge on any atom is 0.417 e. The number of fused-ring (bicyclic) bond motifs is 1. The molecule has 0 aliphatic carbocycles. The largest absolute Gasteiger partial charge is 0.417 e. The minimum Gasteiger partial charge on any atom is -0.390 e. The van der Waals surface area contributed by atoms with E-state index in [1.165, 1.54) is 17.0 Å². The molecule has 5 rings (SSSR count). The summed E-state index contributed by atoms with van der Waals surface area (Å²) in [4.78, 5) is 21.5. The Labute approximate surface area is 211 Å². The highest BCUT2D eigenvalue weighted by atomic mass is 19.4. The number of carbonyl (C=O) groups excluding carboxylic acids is 1. The van der Waals surface area contributed by atoms with E-state index in [4.69, 9.17) is 4.98 Å². The Morgan fingerprint density at radius 1 is 1.19 bits per heavy atom. The molecule has 11 heteroatoms. The zero-order chi connectivity index (χ0) is 26.5. The minimum absolute atomic E-state index is 0.298. The number of amides is 1. The molecule has 3 unspecified atom stereocenters. The van der Waals surface area contributed by atoms with E-state index in [2.05, 4.69) is 11.2 Å². The van der Waals surface area contributed by atoms with Gasteiger partial charge in [-0.2, -0.15) is 23.5 Å².